The molecule has 0 atom stereocenters. The minimum atomic E-state index is -0.0414. The van der Waals surface area contributed by atoms with Gasteiger partial charge in [0.15, 0.2) is 0 Å². The molecule has 1 N–H and O–H groups in total. The van der Waals surface area contributed by atoms with Gasteiger partial charge in [-0.1, -0.05) is 85.8 Å². The molecule has 4 aromatic rings. The monoisotopic (exact) mass is 439 g/mol. The molecule has 4 rings (SSSR count). The number of aromatic nitrogens is 1. The van der Waals surface area contributed by atoms with Gasteiger partial charge in [0, 0.05) is 42.0 Å². The molecule has 1 heterocycles. The Balaban J connectivity index is 2.02. The molecule has 33 heavy (non-hydrogen) atoms. The highest BCUT2D eigenvalue weighted by molar-refractivity contribution is 6.02. The first-order chi connectivity index (χ1) is 16.1. The van der Waals surface area contributed by atoms with E-state index in [0.29, 0.717) is 6.54 Å². The summed E-state index contributed by atoms with van der Waals surface area (Å²) < 4.78 is 2.22. The number of hydrogen-bond donors (Lipinski definition) is 1. The summed E-state index contributed by atoms with van der Waals surface area (Å²) in [6.07, 6.45) is 0.903. The molecule has 4 heteroatoms. The first-order valence-corrected chi connectivity index (χ1v) is 11.8. The number of amides is 1. The zero-order chi connectivity index (χ0) is 23.2. The smallest absolute Gasteiger partial charge is 0.268 e. The number of para-hydroxylation sites is 1. The maximum Gasteiger partial charge on any atom is 0.268 e. The zero-order valence-corrected chi connectivity index (χ0v) is 19.8. The van der Waals surface area contributed by atoms with Crippen molar-refractivity contribution in [3.8, 4) is 0 Å². The van der Waals surface area contributed by atoms with Crippen LogP contribution in [-0.2, 0) is 6.54 Å². The first-order valence-electron chi connectivity index (χ1n) is 11.8. The van der Waals surface area contributed by atoms with Crippen LogP contribution in [0.4, 0.5) is 0 Å². The van der Waals surface area contributed by atoms with Crippen LogP contribution in [0.5, 0.6) is 0 Å². The maximum absolute atomic E-state index is 13.7. The Labute approximate surface area is 196 Å². The van der Waals surface area contributed by atoms with Gasteiger partial charge >= 0.3 is 0 Å². The minimum absolute atomic E-state index is 0.00123. The Hall–Kier alpha value is -3.37. The van der Waals surface area contributed by atoms with E-state index in [2.05, 4.69) is 109 Å². The van der Waals surface area contributed by atoms with Crippen LogP contribution < -0.4 is 5.32 Å². The average Bonchev–Trinajstić information content (AvgIpc) is 3.17. The predicted molar refractivity (Wildman–Crippen MR) is 137 cm³/mol. The molecule has 0 spiro atoms. The molecule has 0 bridgehead atoms. The summed E-state index contributed by atoms with van der Waals surface area (Å²) in [4.78, 5) is 15.8. The van der Waals surface area contributed by atoms with Gasteiger partial charge in [-0.25, -0.2) is 0 Å². The van der Waals surface area contributed by atoms with Crippen molar-refractivity contribution in [2.24, 2.45) is 0 Å². The third-order valence-electron chi connectivity index (χ3n) is 6.09. The van der Waals surface area contributed by atoms with Gasteiger partial charge in [-0.2, -0.15) is 0 Å². The van der Waals surface area contributed by atoms with Crippen molar-refractivity contribution < 1.29 is 4.79 Å². The zero-order valence-electron chi connectivity index (χ0n) is 19.8. The molecule has 0 fully saturated rings. The van der Waals surface area contributed by atoms with E-state index in [1.165, 1.54) is 11.1 Å². The van der Waals surface area contributed by atoms with E-state index >= 15 is 0 Å². The number of carbonyl (C=O) groups is 1. The van der Waals surface area contributed by atoms with Crippen LogP contribution in [0.25, 0.3) is 10.9 Å². The van der Waals surface area contributed by atoms with Crippen LogP contribution in [-0.4, -0.2) is 42.6 Å². The molecule has 1 amide bonds. The van der Waals surface area contributed by atoms with Gasteiger partial charge in [0.1, 0.15) is 5.69 Å². The third-order valence-corrected chi connectivity index (χ3v) is 6.09. The molecule has 3 aromatic carbocycles. The van der Waals surface area contributed by atoms with Crippen molar-refractivity contribution >= 4 is 16.8 Å². The van der Waals surface area contributed by atoms with Gasteiger partial charge in [0.2, 0.25) is 0 Å². The molecule has 4 nitrogen and oxygen atoms in total. The fourth-order valence-electron chi connectivity index (χ4n) is 4.54. The second-order valence-corrected chi connectivity index (χ2v) is 8.74. The van der Waals surface area contributed by atoms with Crippen molar-refractivity contribution in [2.45, 2.75) is 25.8 Å². The van der Waals surface area contributed by atoms with Crippen molar-refractivity contribution in [3.63, 3.8) is 0 Å². The molecule has 0 saturated heterocycles. The molecule has 170 valence electrons. The van der Waals surface area contributed by atoms with E-state index in [1.54, 1.807) is 0 Å². The summed E-state index contributed by atoms with van der Waals surface area (Å²) in [5.41, 5.74) is 5.32. The van der Waals surface area contributed by atoms with E-state index in [1.807, 2.05) is 12.1 Å². The minimum Gasteiger partial charge on any atom is -0.351 e. The number of nitrogens with zero attached hydrogens (tertiary/aromatic N) is 2. The highest BCUT2D eigenvalue weighted by Gasteiger charge is 2.29. The largest absolute Gasteiger partial charge is 0.351 e. The first kappa shape index (κ1) is 22.8. The van der Waals surface area contributed by atoms with E-state index in [-0.39, 0.29) is 11.8 Å². The lowest BCUT2D eigenvalue weighted by molar-refractivity contribution is 0.0943. The molecule has 0 aliphatic rings. The molecule has 0 aliphatic carbocycles. The molecular weight excluding hydrogens is 406 g/mol. The normalized spacial score (nSPS) is 11.4. The number of fused-ring (bicyclic) bond motifs is 1. The standard InChI is InChI=1S/C29H33N3O/c1-4-19-30-29(33)28-27(24-17-11-12-18-25(24)32(28)21-20-31(2)3)26(22-13-7-5-8-14-22)23-15-9-6-10-16-23/h5-18,26H,4,19-21H2,1-3H3,(H,30,33). The fourth-order valence-corrected chi connectivity index (χ4v) is 4.54. The topological polar surface area (TPSA) is 37.3 Å². The number of hydrogen-bond acceptors (Lipinski definition) is 2. The lowest BCUT2D eigenvalue weighted by atomic mass is 9.83. The number of rotatable bonds is 9. The maximum atomic E-state index is 13.7. The van der Waals surface area contributed by atoms with Gasteiger partial charge < -0.3 is 14.8 Å². The van der Waals surface area contributed by atoms with Gasteiger partial charge in [0.05, 0.1) is 0 Å². The Bertz CT molecular complexity index is 1160. The summed E-state index contributed by atoms with van der Waals surface area (Å²) in [6.45, 7) is 4.35. The lowest BCUT2D eigenvalue weighted by Crippen LogP contribution is -2.29. The fraction of sp³-hybridized carbons (Fsp3) is 0.276. The third kappa shape index (κ3) is 4.86. The van der Waals surface area contributed by atoms with Crippen LogP contribution in [0.2, 0.25) is 0 Å². The summed E-state index contributed by atoms with van der Waals surface area (Å²) in [5.74, 6) is -0.0426. The Morgan fingerprint density at radius 1 is 0.879 bits per heavy atom. The lowest BCUT2D eigenvalue weighted by Gasteiger charge is -2.21. The summed E-state index contributed by atoms with van der Waals surface area (Å²) in [5, 5.41) is 4.30. The quantitative estimate of drug-likeness (QED) is 0.373. The van der Waals surface area contributed by atoms with Crippen LogP contribution in [0.1, 0.15) is 46.4 Å². The van der Waals surface area contributed by atoms with E-state index in [9.17, 15) is 4.79 Å². The summed E-state index contributed by atoms with van der Waals surface area (Å²) >= 11 is 0. The van der Waals surface area contributed by atoms with Crippen LogP contribution in [0.3, 0.4) is 0 Å². The van der Waals surface area contributed by atoms with E-state index in [0.717, 1.165) is 41.7 Å². The summed E-state index contributed by atoms with van der Waals surface area (Å²) in [6, 6.07) is 29.5. The number of nitrogens with one attached hydrogen (secondary N) is 1. The molecular formula is C29H33N3O. The second kappa shape index (κ2) is 10.5. The van der Waals surface area contributed by atoms with Gasteiger partial charge in [-0.15, -0.1) is 0 Å². The molecule has 0 aliphatic heterocycles. The van der Waals surface area contributed by atoms with Crippen LogP contribution in [0, 0.1) is 0 Å². The van der Waals surface area contributed by atoms with Gasteiger partial charge in [0.25, 0.3) is 5.91 Å². The van der Waals surface area contributed by atoms with Crippen molar-refractivity contribution in [1.82, 2.24) is 14.8 Å². The number of likely N-dealkylation sites (N-methyl/N-ethyl adjacent to an activating group) is 1. The van der Waals surface area contributed by atoms with Crippen LogP contribution >= 0.6 is 0 Å². The number of carbonyl (C=O) groups excluding carboxylic acids is 1. The predicted octanol–water partition coefficient (Wildman–Crippen LogP) is 5.52. The Morgan fingerprint density at radius 2 is 1.45 bits per heavy atom. The molecule has 0 unspecified atom stereocenters. The average molecular weight is 440 g/mol. The molecule has 1 aromatic heterocycles. The highest BCUT2D eigenvalue weighted by atomic mass is 16.1. The molecule has 0 saturated carbocycles. The van der Waals surface area contributed by atoms with Crippen molar-refractivity contribution in [1.29, 1.82) is 0 Å². The van der Waals surface area contributed by atoms with E-state index in [4.69, 9.17) is 0 Å². The van der Waals surface area contributed by atoms with E-state index < -0.39 is 0 Å². The van der Waals surface area contributed by atoms with Gasteiger partial charge in [-0.05, 0) is 37.7 Å². The SMILES string of the molecule is CCCNC(=O)c1c(C(c2ccccc2)c2ccccc2)c2ccccc2n1CCN(C)C. The summed E-state index contributed by atoms with van der Waals surface area (Å²) in [7, 11) is 4.14. The second-order valence-electron chi connectivity index (χ2n) is 8.74. The van der Waals surface area contributed by atoms with Crippen LogP contribution in [0.15, 0.2) is 84.9 Å². The molecule has 0 radical (unpaired) electrons. The van der Waals surface area contributed by atoms with Crippen molar-refractivity contribution in [2.75, 3.05) is 27.2 Å². The Morgan fingerprint density at radius 3 is 2.03 bits per heavy atom. The van der Waals surface area contributed by atoms with Crippen molar-refractivity contribution in [3.05, 3.63) is 107 Å². The Kier molecular flexibility index (Phi) is 7.26. The number of benzene rings is 3. The highest BCUT2D eigenvalue weighted by Crippen LogP contribution is 2.40. The van der Waals surface area contributed by atoms with Gasteiger partial charge in [-0.3, -0.25) is 4.79 Å².